The van der Waals surface area contributed by atoms with Crippen molar-refractivity contribution < 1.29 is 9.69 Å². The molecule has 2 heterocycles. The first-order valence-corrected chi connectivity index (χ1v) is 7.75. The average Bonchev–Trinajstić information content (AvgIpc) is 2.37. The van der Waals surface area contributed by atoms with E-state index in [2.05, 4.69) is 10.3 Å². The maximum atomic E-state index is 12.2. The Hall–Kier alpha value is -2.21. The van der Waals surface area contributed by atoms with Gasteiger partial charge in [-0.25, -0.2) is 4.98 Å². The second kappa shape index (κ2) is 6.50. The fourth-order valence-electron chi connectivity index (χ4n) is 2.46. The molecule has 0 aliphatic rings. The van der Waals surface area contributed by atoms with Crippen molar-refractivity contribution in [3.63, 3.8) is 0 Å². The van der Waals surface area contributed by atoms with E-state index >= 15 is 0 Å². The van der Waals surface area contributed by atoms with Gasteiger partial charge in [0.25, 0.3) is 11.5 Å². The van der Waals surface area contributed by atoms with Crippen LogP contribution in [0.1, 0.15) is 32.0 Å². The highest BCUT2D eigenvalue weighted by Crippen LogP contribution is 2.01. The molecule has 1 amide bonds. The number of amides is 1. The molecule has 6 heteroatoms. The highest BCUT2D eigenvalue weighted by atomic mass is 16.2. The summed E-state index contributed by atoms with van der Waals surface area (Å²) < 4.78 is 1.54. The number of pyridine rings is 1. The molecule has 23 heavy (non-hydrogen) atoms. The number of aryl methyl sites for hydroxylation is 1. The van der Waals surface area contributed by atoms with E-state index in [0.717, 1.165) is 10.5 Å². The Morgan fingerprint density at radius 2 is 2.04 bits per heavy atom. The molecule has 6 nitrogen and oxygen atoms in total. The molecule has 0 aromatic carbocycles. The molecule has 2 N–H and O–H groups in total. The molecule has 0 fully saturated rings. The van der Waals surface area contributed by atoms with E-state index in [1.807, 2.05) is 46.9 Å². The number of fused-ring (bicyclic) bond motifs is 1. The minimum absolute atomic E-state index is 0.0110. The number of hydrogen-bond acceptors (Lipinski definition) is 3. The summed E-state index contributed by atoms with van der Waals surface area (Å²) in [5, 5.41) is 2.94. The zero-order chi connectivity index (χ0) is 17.2. The molecule has 1 unspecified atom stereocenters. The lowest BCUT2D eigenvalue weighted by molar-refractivity contribution is -0.885. The van der Waals surface area contributed by atoms with Crippen LogP contribution in [-0.4, -0.2) is 34.4 Å². The molecule has 0 aliphatic heterocycles. The monoisotopic (exact) mass is 317 g/mol. The summed E-state index contributed by atoms with van der Waals surface area (Å²) in [7, 11) is 1.92. The molecule has 0 aliphatic carbocycles. The number of rotatable bonds is 4. The van der Waals surface area contributed by atoms with E-state index in [1.54, 1.807) is 10.6 Å². The summed E-state index contributed by atoms with van der Waals surface area (Å²) in [4.78, 5) is 29.6. The molecule has 0 saturated carbocycles. The largest absolute Gasteiger partial charge is 0.347 e. The van der Waals surface area contributed by atoms with Crippen LogP contribution >= 0.6 is 0 Å². The van der Waals surface area contributed by atoms with Crippen LogP contribution in [0.25, 0.3) is 5.65 Å². The van der Waals surface area contributed by atoms with E-state index in [9.17, 15) is 9.59 Å². The van der Waals surface area contributed by atoms with Crippen molar-refractivity contribution in [2.24, 2.45) is 0 Å². The van der Waals surface area contributed by atoms with Gasteiger partial charge in [-0.2, -0.15) is 0 Å². The van der Waals surface area contributed by atoms with Gasteiger partial charge in [0.05, 0.1) is 7.05 Å². The minimum Gasteiger partial charge on any atom is -0.347 e. The molecule has 124 valence electrons. The van der Waals surface area contributed by atoms with Crippen LogP contribution < -0.4 is 15.8 Å². The number of likely N-dealkylation sites (N-methyl/N-ethyl adjacent to an activating group) is 1. The summed E-state index contributed by atoms with van der Waals surface area (Å²) >= 11 is 0. The van der Waals surface area contributed by atoms with Gasteiger partial charge in [0.15, 0.2) is 6.54 Å². The molecular weight excluding hydrogens is 292 g/mol. The van der Waals surface area contributed by atoms with E-state index in [1.165, 1.54) is 6.07 Å². The Morgan fingerprint density at radius 1 is 1.35 bits per heavy atom. The number of quaternary nitrogens is 1. The van der Waals surface area contributed by atoms with Crippen LogP contribution in [0.2, 0.25) is 0 Å². The lowest BCUT2D eigenvalue weighted by Crippen LogP contribution is -3.09. The van der Waals surface area contributed by atoms with Gasteiger partial charge in [-0.15, -0.1) is 0 Å². The second-order valence-electron chi connectivity index (χ2n) is 7.13. The Balaban J connectivity index is 2.11. The lowest BCUT2D eigenvalue weighted by Gasteiger charge is -2.21. The molecule has 0 bridgehead atoms. The SMILES string of the molecule is Cc1ccc2nc(C[NH+](C)CC(=O)NC(C)(C)C)cc(=O)n2c1. The molecule has 0 radical (unpaired) electrons. The Bertz CT molecular complexity index is 774. The number of carbonyl (C=O) groups excluding carboxylic acids is 1. The maximum Gasteiger partial charge on any atom is 0.275 e. The maximum absolute atomic E-state index is 12.2. The van der Waals surface area contributed by atoms with Gasteiger partial charge >= 0.3 is 0 Å². The third-order valence-electron chi connectivity index (χ3n) is 3.32. The van der Waals surface area contributed by atoms with Crippen molar-refractivity contribution in [2.75, 3.05) is 13.6 Å². The third-order valence-corrected chi connectivity index (χ3v) is 3.32. The van der Waals surface area contributed by atoms with Gasteiger partial charge in [0.1, 0.15) is 17.9 Å². The van der Waals surface area contributed by atoms with Crippen molar-refractivity contribution in [1.82, 2.24) is 14.7 Å². The smallest absolute Gasteiger partial charge is 0.275 e. The summed E-state index contributed by atoms with van der Waals surface area (Å²) in [5.41, 5.74) is 2.00. The van der Waals surface area contributed by atoms with Crippen LogP contribution in [0.3, 0.4) is 0 Å². The average molecular weight is 317 g/mol. The minimum atomic E-state index is -0.241. The first-order chi connectivity index (χ1) is 10.6. The van der Waals surface area contributed by atoms with E-state index in [0.29, 0.717) is 24.4 Å². The van der Waals surface area contributed by atoms with Crippen LogP contribution in [-0.2, 0) is 11.3 Å². The van der Waals surface area contributed by atoms with Crippen molar-refractivity contribution in [1.29, 1.82) is 0 Å². The topological polar surface area (TPSA) is 67.9 Å². The zero-order valence-corrected chi connectivity index (χ0v) is 14.4. The van der Waals surface area contributed by atoms with Crippen molar-refractivity contribution in [3.8, 4) is 0 Å². The Morgan fingerprint density at radius 3 is 2.70 bits per heavy atom. The van der Waals surface area contributed by atoms with Gasteiger partial charge in [0, 0.05) is 17.8 Å². The number of carbonyl (C=O) groups is 1. The van der Waals surface area contributed by atoms with Crippen LogP contribution in [0.4, 0.5) is 0 Å². The van der Waals surface area contributed by atoms with E-state index < -0.39 is 0 Å². The van der Waals surface area contributed by atoms with Crippen molar-refractivity contribution >= 4 is 11.6 Å². The normalized spacial score (nSPS) is 13.1. The molecule has 2 aromatic rings. The number of hydrogen-bond donors (Lipinski definition) is 2. The highest BCUT2D eigenvalue weighted by Gasteiger charge is 2.17. The number of aromatic nitrogens is 2. The van der Waals surface area contributed by atoms with E-state index in [-0.39, 0.29) is 17.0 Å². The molecule has 0 spiro atoms. The molecule has 0 saturated heterocycles. The predicted molar refractivity (Wildman–Crippen MR) is 89.6 cm³/mol. The summed E-state index contributed by atoms with van der Waals surface area (Å²) in [6.07, 6.45) is 1.78. The summed E-state index contributed by atoms with van der Waals surface area (Å²) in [5.74, 6) is -0.0110. The van der Waals surface area contributed by atoms with Gasteiger partial charge in [-0.05, 0) is 39.3 Å². The van der Waals surface area contributed by atoms with Gasteiger partial charge in [0.2, 0.25) is 0 Å². The third kappa shape index (κ3) is 4.89. The van der Waals surface area contributed by atoms with E-state index in [4.69, 9.17) is 0 Å². The molecule has 2 rings (SSSR count). The van der Waals surface area contributed by atoms with Gasteiger partial charge in [-0.1, -0.05) is 6.07 Å². The second-order valence-corrected chi connectivity index (χ2v) is 7.13. The van der Waals surface area contributed by atoms with Gasteiger partial charge in [-0.3, -0.25) is 14.0 Å². The van der Waals surface area contributed by atoms with Crippen LogP contribution in [0.15, 0.2) is 29.2 Å². The lowest BCUT2D eigenvalue weighted by atomic mass is 10.1. The number of nitrogens with one attached hydrogen (secondary N) is 2. The van der Waals surface area contributed by atoms with Crippen LogP contribution in [0.5, 0.6) is 0 Å². The first kappa shape index (κ1) is 17.1. The number of nitrogens with zero attached hydrogens (tertiary/aromatic N) is 2. The Labute approximate surface area is 136 Å². The Kier molecular flexibility index (Phi) is 4.85. The molecule has 2 aromatic heterocycles. The summed E-state index contributed by atoms with van der Waals surface area (Å²) in [6, 6.07) is 5.30. The van der Waals surface area contributed by atoms with Crippen molar-refractivity contribution in [3.05, 3.63) is 46.0 Å². The fourth-order valence-corrected chi connectivity index (χ4v) is 2.46. The fraction of sp³-hybridized carbons (Fsp3) is 0.471. The molecule has 1 atom stereocenters. The highest BCUT2D eigenvalue weighted by molar-refractivity contribution is 5.77. The van der Waals surface area contributed by atoms with Gasteiger partial charge < -0.3 is 10.2 Å². The summed E-state index contributed by atoms with van der Waals surface area (Å²) in [6.45, 7) is 8.66. The van der Waals surface area contributed by atoms with Crippen LogP contribution in [0, 0.1) is 6.92 Å². The molecular formula is C17H25N4O2+. The zero-order valence-electron chi connectivity index (χ0n) is 14.4. The first-order valence-electron chi connectivity index (χ1n) is 7.75. The quantitative estimate of drug-likeness (QED) is 0.830. The van der Waals surface area contributed by atoms with Crippen molar-refractivity contribution in [2.45, 2.75) is 39.8 Å². The predicted octanol–water partition coefficient (Wildman–Crippen LogP) is -0.0677. The standard InChI is InChI=1S/C17H24N4O2/c1-12-6-7-14-18-13(8-16(23)21(14)9-12)10-20(5)11-15(22)19-17(2,3)4/h6-9H,10-11H2,1-5H3,(H,19,22)/p+1.